The largest absolute Gasteiger partial charge is 0.309 e. The van der Waals surface area contributed by atoms with Crippen LogP contribution >= 0.6 is 0 Å². The number of aromatic nitrogens is 1. The molecule has 1 heterocycles. The van der Waals surface area contributed by atoms with Crippen LogP contribution in [-0.4, -0.2) is 4.57 Å². The average Bonchev–Trinajstić information content (AvgIpc) is 3.38. The van der Waals surface area contributed by atoms with Crippen molar-refractivity contribution >= 4 is 54.1 Å². The molecule has 0 N–H and O–H groups in total. The molecule has 0 atom stereocenters. The SMILES string of the molecule is Cc1ccc(-c2ccc3ccc4c(-c5ccc(-n6c7ccccc7c7ccccc76)cc5C)ccc5ccc2c3c54)cc1. The summed E-state index contributed by atoms with van der Waals surface area (Å²) in [5.41, 5.74) is 11.3. The first kappa shape index (κ1) is 24.2. The van der Waals surface area contributed by atoms with Crippen molar-refractivity contribution in [2.45, 2.75) is 13.8 Å². The molecule has 0 bridgehead atoms. The van der Waals surface area contributed by atoms with Crippen molar-refractivity contribution in [3.8, 4) is 27.9 Å². The van der Waals surface area contributed by atoms with Gasteiger partial charge in [0.25, 0.3) is 0 Å². The number of nitrogens with zero attached hydrogens (tertiary/aromatic N) is 1. The maximum atomic E-state index is 2.40. The molecule has 202 valence electrons. The van der Waals surface area contributed by atoms with Crippen LogP contribution < -0.4 is 0 Å². The Morgan fingerprint density at radius 2 is 0.953 bits per heavy atom. The Hall–Kier alpha value is -5.40. The van der Waals surface area contributed by atoms with Crippen molar-refractivity contribution < 1.29 is 0 Å². The lowest BCUT2D eigenvalue weighted by molar-refractivity contribution is 1.17. The van der Waals surface area contributed by atoms with Gasteiger partial charge in [-0.1, -0.05) is 121 Å². The smallest absolute Gasteiger partial charge is 0.0541 e. The lowest BCUT2D eigenvalue weighted by atomic mass is 9.86. The molecule has 43 heavy (non-hydrogen) atoms. The molecule has 0 unspecified atom stereocenters. The Labute approximate surface area is 250 Å². The van der Waals surface area contributed by atoms with Gasteiger partial charge in [-0.05, 0) is 98.2 Å². The van der Waals surface area contributed by atoms with Crippen LogP contribution in [0.5, 0.6) is 0 Å². The fourth-order valence-corrected chi connectivity index (χ4v) is 7.31. The standard InChI is InChI=1S/C42H29N/c1-26-11-13-28(14-12-26)33-20-15-29-18-23-38-34(21-16-30-17-22-37(33)41(29)42(30)38)32-24-19-31(25-27(32)2)43-39-9-5-3-7-35(39)36-8-4-6-10-40(36)43/h3-25H,1-2H3. The zero-order valence-electron chi connectivity index (χ0n) is 24.2. The van der Waals surface area contributed by atoms with E-state index in [4.69, 9.17) is 0 Å². The summed E-state index contributed by atoms with van der Waals surface area (Å²) >= 11 is 0. The van der Waals surface area contributed by atoms with Crippen molar-refractivity contribution in [3.05, 3.63) is 151 Å². The van der Waals surface area contributed by atoms with Crippen LogP contribution in [0.4, 0.5) is 0 Å². The van der Waals surface area contributed by atoms with Gasteiger partial charge in [0.05, 0.1) is 11.0 Å². The molecular weight excluding hydrogens is 518 g/mol. The first-order valence-corrected chi connectivity index (χ1v) is 15.0. The lowest BCUT2D eigenvalue weighted by Gasteiger charge is -2.18. The molecule has 9 aromatic rings. The molecular formula is C42H29N. The second-order valence-electron chi connectivity index (χ2n) is 11.9. The van der Waals surface area contributed by atoms with E-state index in [-0.39, 0.29) is 0 Å². The van der Waals surface area contributed by atoms with E-state index >= 15 is 0 Å². The van der Waals surface area contributed by atoms with Crippen LogP contribution in [0.15, 0.2) is 140 Å². The lowest BCUT2D eigenvalue weighted by Crippen LogP contribution is -1.96. The van der Waals surface area contributed by atoms with E-state index in [1.54, 1.807) is 0 Å². The second kappa shape index (κ2) is 9.05. The van der Waals surface area contributed by atoms with Crippen LogP contribution in [0.3, 0.4) is 0 Å². The number of hydrogen-bond acceptors (Lipinski definition) is 0. The predicted molar refractivity (Wildman–Crippen MR) is 185 cm³/mol. The van der Waals surface area contributed by atoms with Gasteiger partial charge in [-0.3, -0.25) is 0 Å². The van der Waals surface area contributed by atoms with E-state index in [1.165, 1.54) is 93.2 Å². The Balaban J connectivity index is 1.25. The molecule has 0 fully saturated rings. The molecule has 0 saturated carbocycles. The summed E-state index contributed by atoms with van der Waals surface area (Å²) in [6.45, 7) is 4.40. The summed E-state index contributed by atoms with van der Waals surface area (Å²) in [6.07, 6.45) is 0. The first-order valence-electron chi connectivity index (χ1n) is 15.0. The summed E-state index contributed by atoms with van der Waals surface area (Å²) in [6, 6.07) is 51.7. The highest BCUT2D eigenvalue weighted by molar-refractivity contribution is 6.27. The van der Waals surface area contributed by atoms with Gasteiger partial charge in [-0.2, -0.15) is 0 Å². The van der Waals surface area contributed by atoms with Gasteiger partial charge in [0.2, 0.25) is 0 Å². The highest BCUT2D eigenvalue weighted by Gasteiger charge is 2.17. The molecule has 0 radical (unpaired) electrons. The third kappa shape index (κ3) is 3.52. The molecule has 0 saturated heterocycles. The maximum absolute atomic E-state index is 2.40. The van der Waals surface area contributed by atoms with E-state index in [1.807, 2.05) is 0 Å². The minimum atomic E-state index is 1.19. The van der Waals surface area contributed by atoms with Gasteiger partial charge >= 0.3 is 0 Å². The van der Waals surface area contributed by atoms with Gasteiger partial charge in [0.15, 0.2) is 0 Å². The zero-order valence-corrected chi connectivity index (χ0v) is 24.2. The Bertz CT molecular complexity index is 2460. The van der Waals surface area contributed by atoms with Gasteiger partial charge in [0, 0.05) is 16.5 Å². The number of aryl methyl sites for hydroxylation is 2. The van der Waals surface area contributed by atoms with Crippen LogP contribution in [0.1, 0.15) is 11.1 Å². The van der Waals surface area contributed by atoms with Gasteiger partial charge < -0.3 is 4.57 Å². The number of hydrogen-bond donors (Lipinski definition) is 0. The summed E-state index contributed by atoms with van der Waals surface area (Å²) in [5.74, 6) is 0. The van der Waals surface area contributed by atoms with Gasteiger partial charge in [-0.15, -0.1) is 0 Å². The molecule has 1 aromatic heterocycles. The zero-order chi connectivity index (χ0) is 28.7. The summed E-state index contributed by atoms with van der Waals surface area (Å²) < 4.78 is 2.40. The normalized spacial score (nSPS) is 12.0. The summed E-state index contributed by atoms with van der Waals surface area (Å²) in [4.78, 5) is 0. The van der Waals surface area contributed by atoms with Crippen molar-refractivity contribution in [2.75, 3.05) is 0 Å². The van der Waals surface area contributed by atoms with Crippen molar-refractivity contribution in [3.63, 3.8) is 0 Å². The van der Waals surface area contributed by atoms with Gasteiger partial charge in [0.1, 0.15) is 0 Å². The minimum Gasteiger partial charge on any atom is -0.309 e. The van der Waals surface area contributed by atoms with Crippen LogP contribution in [0.25, 0.3) is 82.1 Å². The number of rotatable bonds is 3. The number of fused-ring (bicyclic) bond motifs is 3. The summed E-state index contributed by atoms with van der Waals surface area (Å²) in [5, 5.41) is 10.5. The average molecular weight is 548 g/mol. The number of para-hydroxylation sites is 2. The Morgan fingerprint density at radius 3 is 1.58 bits per heavy atom. The highest BCUT2D eigenvalue weighted by atomic mass is 15.0. The van der Waals surface area contributed by atoms with Crippen molar-refractivity contribution in [1.29, 1.82) is 0 Å². The van der Waals surface area contributed by atoms with E-state index < -0.39 is 0 Å². The molecule has 0 aliphatic carbocycles. The molecule has 1 nitrogen and oxygen atoms in total. The fraction of sp³-hybridized carbons (Fsp3) is 0.0476. The van der Waals surface area contributed by atoms with E-state index in [0.717, 1.165) is 0 Å². The number of benzene rings is 8. The molecule has 0 amide bonds. The Kier molecular flexibility index (Phi) is 5.10. The van der Waals surface area contributed by atoms with E-state index in [2.05, 4.69) is 158 Å². The molecule has 0 aliphatic rings. The third-order valence-electron chi connectivity index (χ3n) is 9.37. The fourth-order valence-electron chi connectivity index (χ4n) is 7.31. The van der Waals surface area contributed by atoms with E-state index in [9.17, 15) is 0 Å². The highest BCUT2D eigenvalue weighted by Crippen LogP contribution is 2.43. The maximum Gasteiger partial charge on any atom is 0.0541 e. The van der Waals surface area contributed by atoms with Gasteiger partial charge in [-0.25, -0.2) is 0 Å². The van der Waals surface area contributed by atoms with E-state index in [0.29, 0.717) is 0 Å². The molecule has 1 heteroatoms. The van der Waals surface area contributed by atoms with Crippen molar-refractivity contribution in [2.24, 2.45) is 0 Å². The topological polar surface area (TPSA) is 4.93 Å². The molecule has 9 rings (SSSR count). The minimum absolute atomic E-state index is 1.19. The second-order valence-corrected chi connectivity index (χ2v) is 11.9. The third-order valence-corrected chi connectivity index (χ3v) is 9.37. The predicted octanol–water partition coefficient (Wildman–Crippen LogP) is 11.6. The van der Waals surface area contributed by atoms with Crippen LogP contribution in [0, 0.1) is 13.8 Å². The monoisotopic (exact) mass is 547 g/mol. The Morgan fingerprint density at radius 1 is 0.419 bits per heavy atom. The molecule has 8 aromatic carbocycles. The molecule has 0 spiro atoms. The van der Waals surface area contributed by atoms with Crippen LogP contribution in [-0.2, 0) is 0 Å². The summed E-state index contributed by atoms with van der Waals surface area (Å²) in [7, 11) is 0. The molecule has 0 aliphatic heterocycles. The van der Waals surface area contributed by atoms with Crippen molar-refractivity contribution in [1.82, 2.24) is 4.57 Å². The first-order chi connectivity index (χ1) is 21.2. The van der Waals surface area contributed by atoms with Crippen LogP contribution in [0.2, 0.25) is 0 Å². The quantitative estimate of drug-likeness (QED) is 0.194.